The van der Waals surface area contributed by atoms with Gasteiger partial charge in [-0.25, -0.2) is 0 Å². The summed E-state index contributed by atoms with van der Waals surface area (Å²) >= 11 is 6.85. The Labute approximate surface area is 106 Å². The molecule has 2 rings (SSSR count). The van der Waals surface area contributed by atoms with E-state index in [2.05, 4.69) is 31.9 Å². The third-order valence-corrected chi connectivity index (χ3v) is 3.51. The largest absolute Gasteiger partial charge is 0.486 e. The van der Waals surface area contributed by atoms with E-state index in [9.17, 15) is 5.11 Å². The van der Waals surface area contributed by atoms with Gasteiger partial charge in [0.2, 0.25) is 0 Å². The first-order chi connectivity index (χ1) is 6.89. The van der Waals surface area contributed by atoms with Crippen LogP contribution in [0.4, 0.5) is 0 Å². The van der Waals surface area contributed by atoms with Gasteiger partial charge in [-0.15, -0.1) is 0 Å². The molecule has 1 aromatic rings. The smallest absolute Gasteiger partial charge is 0.140 e. The van der Waals surface area contributed by atoms with Crippen molar-refractivity contribution in [3.05, 3.63) is 26.6 Å². The first-order valence-electron chi connectivity index (χ1n) is 4.75. The van der Waals surface area contributed by atoms with Crippen molar-refractivity contribution in [2.24, 2.45) is 0 Å². The van der Waals surface area contributed by atoms with E-state index in [4.69, 9.17) is 4.74 Å². The summed E-state index contributed by atoms with van der Waals surface area (Å²) in [6, 6.07) is 3.83. The Bertz CT molecular complexity index is 402. The van der Waals surface area contributed by atoms with E-state index >= 15 is 0 Å². The highest BCUT2D eigenvalue weighted by molar-refractivity contribution is 9.11. The molecule has 0 aromatic heterocycles. The monoisotopic (exact) mass is 334 g/mol. The lowest BCUT2D eigenvalue weighted by Crippen LogP contribution is -2.35. The number of hydrogen-bond acceptors (Lipinski definition) is 2. The average Bonchev–Trinajstić information content (AvgIpc) is 2.06. The molecule has 82 valence electrons. The third-order valence-electron chi connectivity index (χ3n) is 2.46. The minimum absolute atomic E-state index is 0.317. The van der Waals surface area contributed by atoms with Gasteiger partial charge in [-0.2, -0.15) is 0 Å². The predicted octanol–water partition coefficient (Wildman–Crippen LogP) is 3.81. The normalized spacial score (nSPS) is 23.1. The Morgan fingerprint density at radius 3 is 2.73 bits per heavy atom. The molecule has 0 amide bonds. The lowest BCUT2D eigenvalue weighted by Gasteiger charge is -2.36. The van der Waals surface area contributed by atoms with Crippen molar-refractivity contribution >= 4 is 31.9 Å². The highest BCUT2D eigenvalue weighted by atomic mass is 79.9. The van der Waals surface area contributed by atoms with Gasteiger partial charge in [0, 0.05) is 16.5 Å². The maximum Gasteiger partial charge on any atom is 0.140 e. The van der Waals surface area contributed by atoms with Gasteiger partial charge >= 0.3 is 0 Å². The second-order valence-electron chi connectivity index (χ2n) is 4.39. The number of fused-ring (bicyclic) bond motifs is 1. The molecule has 1 heterocycles. The first-order valence-corrected chi connectivity index (χ1v) is 6.34. The number of aliphatic hydroxyl groups is 1. The maximum absolute atomic E-state index is 10.0. The lowest BCUT2D eigenvalue weighted by molar-refractivity contribution is 0.0108. The highest BCUT2D eigenvalue weighted by Crippen LogP contribution is 2.44. The van der Waals surface area contributed by atoms with Crippen LogP contribution in [0.3, 0.4) is 0 Å². The lowest BCUT2D eigenvalue weighted by atomic mass is 9.92. The van der Waals surface area contributed by atoms with E-state index in [0.717, 1.165) is 20.3 Å². The van der Waals surface area contributed by atoms with Crippen molar-refractivity contribution in [2.75, 3.05) is 0 Å². The van der Waals surface area contributed by atoms with Crippen LogP contribution < -0.4 is 4.74 Å². The maximum atomic E-state index is 10.0. The van der Waals surface area contributed by atoms with Gasteiger partial charge in [-0.05, 0) is 41.9 Å². The molecule has 0 saturated heterocycles. The molecule has 1 aliphatic heterocycles. The van der Waals surface area contributed by atoms with Crippen molar-refractivity contribution < 1.29 is 9.84 Å². The van der Waals surface area contributed by atoms with Crippen LogP contribution in [0.15, 0.2) is 21.1 Å². The Balaban J connectivity index is 2.55. The van der Waals surface area contributed by atoms with Crippen molar-refractivity contribution in [3.8, 4) is 5.75 Å². The molecule has 0 radical (unpaired) electrons. The number of benzene rings is 1. The van der Waals surface area contributed by atoms with E-state index in [1.165, 1.54) is 0 Å². The summed E-state index contributed by atoms with van der Waals surface area (Å²) in [5.41, 5.74) is 0.526. The molecule has 0 fully saturated rings. The topological polar surface area (TPSA) is 29.5 Å². The van der Waals surface area contributed by atoms with Crippen molar-refractivity contribution in [1.29, 1.82) is 0 Å². The fourth-order valence-electron chi connectivity index (χ4n) is 1.83. The second-order valence-corrected chi connectivity index (χ2v) is 6.16. The summed E-state index contributed by atoms with van der Waals surface area (Å²) in [4.78, 5) is 0. The molecule has 1 unspecified atom stereocenters. The summed E-state index contributed by atoms with van der Waals surface area (Å²) < 4.78 is 7.66. The minimum atomic E-state index is -0.461. The quantitative estimate of drug-likeness (QED) is 0.781. The van der Waals surface area contributed by atoms with E-state index in [1.54, 1.807) is 0 Å². The molecule has 1 aliphatic rings. The summed E-state index contributed by atoms with van der Waals surface area (Å²) in [5.74, 6) is 0.752. The number of ether oxygens (including phenoxy) is 1. The van der Waals surface area contributed by atoms with Gasteiger partial charge in [0.25, 0.3) is 0 Å². The van der Waals surface area contributed by atoms with E-state index in [1.807, 2.05) is 26.0 Å². The molecule has 0 spiro atoms. The predicted molar refractivity (Wildman–Crippen MR) is 66.1 cm³/mol. The van der Waals surface area contributed by atoms with Gasteiger partial charge in [0.15, 0.2) is 0 Å². The van der Waals surface area contributed by atoms with Crippen LogP contribution in [-0.2, 0) is 0 Å². The van der Waals surface area contributed by atoms with Crippen molar-refractivity contribution in [1.82, 2.24) is 0 Å². The van der Waals surface area contributed by atoms with Gasteiger partial charge in [0.05, 0.1) is 10.6 Å². The SMILES string of the molecule is CC1(C)CC(O)c2cc(Br)cc(Br)c2O1. The molecule has 2 nitrogen and oxygen atoms in total. The van der Waals surface area contributed by atoms with E-state index in [0.29, 0.717) is 6.42 Å². The van der Waals surface area contributed by atoms with Crippen LogP contribution in [-0.4, -0.2) is 10.7 Å². The van der Waals surface area contributed by atoms with E-state index in [-0.39, 0.29) is 5.60 Å². The number of halogens is 2. The molecular formula is C11H12Br2O2. The van der Waals surface area contributed by atoms with Crippen LogP contribution in [0.2, 0.25) is 0 Å². The highest BCUT2D eigenvalue weighted by Gasteiger charge is 2.34. The molecule has 0 saturated carbocycles. The first kappa shape index (κ1) is 11.4. The van der Waals surface area contributed by atoms with E-state index < -0.39 is 6.10 Å². The number of rotatable bonds is 0. The fourth-order valence-corrected chi connectivity index (χ4v) is 3.17. The second kappa shape index (κ2) is 3.75. The fraction of sp³-hybridized carbons (Fsp3) is 0.455. The molecule has 1 N–H and O–H groups in total. The van der Waals surface area contributed by atoms with Gasteiger partial charge in [0.1, 0.15) is 11.4 Å². The summed E-state index contributed by atoms with van der Waals surface area (Å²) in [7, 11) is 0. The van der Waals surface area contributed by atoms with Crippen molar-refractivity contribution in [3.63, 3.8) is 0 Å². The molecule has 4 heteroatoms. The molecule has 0 aliphatic carbocycles. The van der Waals surface area contributed by atoms with Crippen molar-refractivity contribution in [2.45, 2.75) is 32.0 Å². The molecule has 1 atom stereocenters. The van der Waals surface area contributed by atoms with Crippen LogP contribution in [0.25, 0.3) is 0 Å². The van der Waals surface area contributed by atoms with Crippen LogP contribution in [0.5, 0.6) is 5.75 Å². The zero-order valence-corrected chi connectivity index (χ0v) is 11.7. The Morgan fingerprint density at radius 1 is 1.40 bits per heavy atom. The third kappa shape index (κ3) is 2.22. The van der Waals surface area contributed by atoms with Gasteiger partial charge < -0.3 is 9.84 Å². The molecule has 0 bridgehead atoms. The number of hydrogen-bond donors (Lipinski definition) is 1. The standard InChI is InChI=1S/C11H12Br2O2/c1-11(2)5-9(14)7-3-6(12)4-8(13)10(7)15-11/h3-4,9,14H,5H2,1-2H3. The van der Waals surface area contributed by atoms with Crippen LogP contribution in [0, 0.1) is 0 Å². The summed E-state index contributed by atoms with van der Waals surface area (Å²) in [5, 5.41) is 10.0. The zero-order valence-electron chi connectivity index (χ0n) is 8.55. The number of aliphatic hydroxyl groups excluding tert-OH is 1. The van der Waals surface area contributed by atoms with Crippen LogP contribution >= 0.6 is 31.9 Å². The van der Waals surface area contributed by atoms with Gasteiger partial charge in [-0.1, -0.05) is 15.9 Å². The Morgan fingerprint density at radius 2 is 2.07 bits per heavy atom. The Kier molecular flexibility index (Phi) is 2.86. The average molecular weight is 336 g/mol. The van der Waals surface area contributed by atoms with Gasteiger partial charge in [-0.3, -0.25) is 0 Å². The molecule has 15 heavy (non-hydrogen) atoms. The zero-order chi connectivity index (χ0) is 11.2. The summed E-state index contributed by atoms with van der Waals surface area (Å²) in [6.07, 6.45) is 0.153. The summed E-state index contributed by atoms with van der Waals surface area (Å²) in [6.45, 7) is 3.96. The molecule has 1 aromatic carbocycles. The Hall–Kier alpha value is -0.0600. The minimum Gasteiger partial charge on any atom is -0.486 e. The molecular weight excluding hydrogens is 324 g/mol. The van der Waals surface area contributed by atoms with Crippen LogP contribution in [0.1, 0.15) is 31.9 Å².